The van der Waals surface area contributed by atoms with E-state index >= 15 is 0 Å². The van der Waals surface area contributed by atoms with Crippen LogP contribution in [0.5, 0.6) is 0 Å². The number of hydrogen-bond donors (Lipinski definition) is 2. The Morgan fingerprint density at radius 2 is 1.85 bits per heavy atom. The molecule has 0 aliphatic heterocycles. The molecule has 2 heteroatoms. The Bertz CT molecular complexity index is 416. The molecule has 114 valence electrons. The molecule has 0 spiro atoms. The number of benzene rings is 1. The maximum atomic E-state index is 9.40. The summed E-state index contributed by atoms with van der Waals surface area (Å²) in [6, 6.07) is 6.86. The zero-order chi connectivity index (χ0) is 15.3. The summed E-state index contributed by atoms with van der Waals surface area (Å²) in [6.07, 6.45) is 2.05. The Kier molecular flexibility index (Phi) is 6.22. The molecule has 0 amide bonds. The van der Waals surface area contributed by atoms with Crippen LogP contribution < -0.4 is 5.73 Å². The minimum absolute atomic E-state index is 0.175. The van der Waals surface area contributed by atoms with Gasteiger partial charge in [0.15, 0.2) is 0 Å². The Morgan fingerprint density at radius 1 is 1.20 bits per heavy atom. The third kappa shape index (κ3) is 4.32. The van der Waals surface area contributed by atoms with Gasteiger partial charge in [0.1, 0.15) is 0 Å². The average molecular weight is 277 g/mol. The molecule has 1 aromatic carbocycles. The summed E-state index contributed by atoms with van der Waals surface area (Å²) in [5.41, 5.74) is 10.1. The first kappa shape index (κ1) is 17.2. The predicted molar refractivity (Wildman–Crippen MR) is 87.0 cm³/mol. The van der Waals surface area contributed by atoms with Crippen molar-refractivity contribution in [1.29, 1.82) is 0 Å². The molecule has 3 N–H and O–H groups in total. The quantitative estimate of drug-likeness (QED) is 0.838. The van der Waals surface area contributed by atoms with Crippen molar-refractivity contribution < 1.29 is 5.11 Å². The van der Waals surface area contributed by atoms with Gasteiger partial charge in [-0.15, -0.1) is 0 Å². The summed E-state index contributed by atoms with van der Waals surface area (Å²) in [5, 5.41) is 9.40. The predicted octanol–water partition coefficient (Wildman–Crippen LogP) is 3.29. The lowest BCUT2D eigenvalue weighted by molar-refractivity contribution is 0.187. The molecule has 0 aromatic heterocycles. The summed E-state index contributed by atoms with van der Waals surface area (Å²) >= 11 is 0. The lowest BCUT2D eigenvalue weighted by Crippen LogP contribution is -2.26. The Labute approximate surface area is 124 Å². The molecule has 2 nitrogen and oxygen atoms in total. The van der Waals surface area contributed by atoms with Crippen molar-refractivity contribution in [3.05, 3.63) is 34.9 Å². The van der Waals surface area contributed by atoms with E-state index in [1.54, 1.807) is 0 Å². The SMILES string of the molecule is CCc1ccc(C(C)(C)C)cc1CC(C)C(CN)CO. The van der Waals surface area contributed by atoms with Crippen LogP contribution in [-0.2, 0) is 18.3 Å². The molecule has 1 rings (SSSR count). The lowest BCUT2D eigenvalue weighted by Gasteiger charge is -2.24. The molecule has 0 heterocycles. The van der Waals surface area contributed by atoms with Gasteiger partial charge in [-0.05, 0) is 53.3 Å². The number of aryl methyl sites for hydroxylation is 1. The van der Waals surface area contributed by atoms with E-state index in [4.69, 9.17) is 5.73 Å². The molecule has 2 atom stereocenters. The van der Waals surface area contributed by atoms with E-state index in [1.807, 2.05) is 0 Å². The second-order valence-corrected chi connectivity index (χ2v) is 6.95. The second kappa shape index (κ2) is 7.24. The van der Waals surface area contributed by atoms with E-state index in [0.717, 1.165) is 12.8 Å². The Morgan fingerprint density at radius 3 is 2.30 bits per heavy atom. The summed E-state index contributed by atoms with van der Waals surface area (Å²) in [4.78, 5) is 0. The van der Waals surface area contributed by atoms with Crippen LogP contribution in [0.25, 0.3) is 0 Å². The average Bonchev–Trinajstić information content (AvgIpc) is 2.39. The van der Waals surface area contributed by atoms with Crippen LogP contribution in [-0.4, -0.2) is 18.3 Å². The molecule has 0 aliphatic carbocycles. The highest BCUT2D eigenvalue weighted by molar-refractivity contribution is 5.35. The molecule has 0 saturated heterocycles. The molecule has 20 heavy (non-hydrogen) atoms. The highest BCUT2D eigenvalue weighted by Gasteiger charge is 2.19. The summed E-state index contributed by atoms with van der Waals surface area (Å²) in [5.74, 6) is 0.600. The first-order chi connectivity index (χ1) is 9.33. The van der Waals surface area contributed by atoms with Gasteiger partial charge in [-0.3, -0.25) is 0 Å². The molecule has 0 bridgehead atoms. The van der Waals surface area contributed by atoms with Crippen molar-refractivity contribution in [3.8, 4) is 0 Å². The molecule has 2 unspecified atom stereocenters. The van der Waals surface area contributed by atoms with Crippen molar-refractivity contribution >= 4 is 0 Å². The molecule has 0 fully saturated rings. The van der Waals surface area contributed by atoms with Crippen LogP contribution in [0.15, 0.2) is 18.2 Å². The van der Waals surface area contributed by atoms with Crippen LogP contribution in [0.4, 0.5) is 0 Å². The topological polar surface area (TPSA) is 46.2 Å². The summed E-state index contributed by atoms with van der Waals surface area (Å²) < 4.78 is 0. The zero-order valence-corrected chi connectivity index (χ0v) is 13.7. The molecule has 0 aliphatic rings. The molecular formula is C18H31NO. The molecule has 0 radical (unpaired) electrons. The maximum Gasteiger partial charge on any atom is 0.0474 e. The van der Waals surface area contributed by atoms with Crippen molar-refractivity contribution in [2.45, 2.75) is 52.9 Å². The van der Waals surface area contributed by atoms with Gasteiger partial charge in [-0.2, -0.15) is 0 Å². The van der Waals surface area contributed by atoms with E-state index in [0.29, 0.717) is 12.5 Å². The van der Waals surface area contributed by atoms with Gasteiger partial charge in [-0.25, -0.2) is 0 Å². The standard InChI is InChI=1S/C18H31NO/c1-6-14-7-8-17(18(3,4)5)10-15(14)9-13(2)16(11-19)12-20/h7-8,10,13,16,20H,6,9,11-12,19H2,1-5H3. The fraction of sp³-hybridized carbons (Fsp3) is 0.667. The summed E-state index contributed by atoms with van der Waals surface area (Å²) in [7, 11) is 0. The van der Waals surface area contributed by atoms with Gasteiger partial charge >= 0.3 is 0 Å². The van der Waals surface area contributed by atoms with Crippen LogP contribution in [0, 0.1) is 11.8 Å². The highest BCUT2D eigenvalue weighted by Crippen LogP contribution is 2.27. The van der Waals surface area contributed by atoms with E-state index in [-0.39, 0.29) is 17.9 Å². The third-order valence-corrected chi connectivity index (χ3v) is 4.34. The highest BCUT2D eigenvalue weighted by atomic mass is 16.3. The molecule has 0 saturated carbocycles. The van der Waals surface area contributed by atoms with Crippen LogP contribution >= 0.6 is 0 Å². The second-order valence-electron chi connectivity index (χ2n) is 6.95. The van der Waals surface area contributed by atoms with E-state index in [1.165, 1.54) is 16.7 Å². The molecule has 1 aromatic rings. The van der Waals surface area contributed by atoms with Gasteiger partial charge in [0.2, 0.25) is 0 Å². The normalized spacial score (nSPS) is 15.2. The fourth-order valence-electron chi connectivity index (χ4n) is 2.63. The van der Waals surface area contributed by atoms with Crippen molar-refractivity contribution in [3.63, 3.8) is 0 Å². The Hall–Kier alpha value is -0.860. The van der Waals surface area contributed by atoms with E-state index in [9.17, 15) is 5.11 Å². The molecular weight excluding hydrogens is 246 g/mol. The van der Waals surface area contributed by atoms with Crippen molar-refractivity contribution in [1.82, 2.24) is 0 Å². The Balaban J connectivity index is 3.02. The third-order valence-electron chi connectivity index (χ3n) is 4.34. The first-order valence-corrected chi connectivity index (χ1v) is 7.76. The van der Waals surface area contributed by atoms with Crippen LogP contribution in [0.1, 0.15) is 51.3 Å². The van der Waals surface area contributed by atoms with Gasteiger partial charge in [-0.1, -0.05) is 52.8 Å². The fourth-order valence-corrected chi connectivity index (χ4v) is 2.63. The van der Waals surface area contributed by atoms with E-state index in [2.05, 4.69) is 52.8 Å². The van der Waals surface area contributed by atoms with E-state index < -0.39 is 0 Å². The van der Waals surface area contributed by atoms with Gasteiger partial charge < -0.3 is 10.8 Å². The van der Waals surface area contributed by atoms with Crippen molar-refractivity contribution in [2.75, 3.05) is 13.2 Å². The lowest BCUT2D eigenvalue weighted by atomic mass is 9.81. The number of aliphatic hydroxyl groups excluding tert-OH is 1. The number of hydrogen-bond acceptors (Lipinski definition) is 2. The maximum absolute atomic E-state index is 9.40. The van der Waals surface area contributed by atoms with Crippen LogP contribution in [0.2, 0.25) is 0 Å². The van der Waals surface area contributed by atoms with Gasteiger partial charge in [0.05, 0.1) is 0 Å². The minimum atomic E-state index is 0.175. The largest absolute Gasteiger partial charge is 0.396 e. The van der Waals surface area contributed by atoms with Gasteiger partial charge in [0.25, 0.3) is 0 Å². The summed E-state index contributed by atoms with van der Waals surface area (Å²) in [6.45, 7) is 11.9. The zero-order valence-electron chi connectivity index (χ0n) is 13.7. The monoisotopic (exact) mass is 277 g/mol. The first-order valence-electron chi connectivity index (χ1n) is 7.76. The smallest absolute Gasteiger partial charge is 0.0474 e. The number of nitrogens with two attached hydrogens (primary N) is 1. The number of rotatable bonds is 6. The number of aliphatic hydroxyl groups is 1. The van der Waals surface area contributed by atoms with Gasteiger partial charge in [0, 0.05) is 6.61 Å². The van der Waals surface area contributed by atoms with Crippen LogP contribution in [0.3, 0.4) is 0 Å². The minimum Gasteiger partial charge on any atom is -0.396 e. The van der Waals surface area contributed by atoms with Crippen molar-refractivity contribution in [2.24, 2.45) is 17.6 Å².